The normalized spacial score (nSPS) is 30.8. The number of rotatable bonds is 2. The van der Waals surface area contributed by atoms with E-state index in [0.29, 0.717) is 12.0 Å². The Balaban J connectivity index is 2.22. The van der Waals surface area contributed by atoms with Crippen molar-refractivity contribution >= 4 is 11.6 Å². The molecule has 0 aromatic carbocycles. The van der Waals surface area contributed by atoms with E-state index < -0.39 is 0 Å². The molecular weight excluding hydrogens is 124 g/mol. The molecule has 2 heteroatoms. The average molecular weight is 135 g/mol. The monoisotopic (exact) mass is 134 g/mol. The highest BCUT2D eigenvalue weighted by Gasteiger charge is 2.32. The Bertz CT molecular complexity index is 76.6. The number of hydrogen-bond donors (Lipinski definition) is 0. The van der Waals surface area contributed by atoms with Gasteiger partial charge in [0, 0.05) is 0 Å². The lowest BCUT2D eigenvalue weighted by Crippen LogP contribution is -2.14. The van der Waals surface area contributed by atoms with E-state index in [-0.39, 0.29) is 5.38 Å². The molecule has 0 spiro atoms. The highest BCUT2D eigenvalue weighted by atomic mass is 35.5. The van der Waals surface area contributed by atoms with E-state index in [1.54, 1.807) is 0 Å². The predicted octanol–water partition coefficient (Wildman–Crippen LogP) is 1.65. The molecule has 1 aliphatic heterocycles. The summed E-state index contributed by atoms with van der Waals surface area (Å²) in [5, 5.41) is 0.231. The third kappa shape index (κ3) is 1.36. The molecule has 2 unspecified atom stereocenters. The Morgan fingerprint density at radius 2 is 2.12 bits per heavy atom. The van der Waals surface area contributed by atoms with Crippen molar-refractivity contribution in [3.8, 4) is 0 Å². The van der Waals surface area contributed by atoms with Crippen LogP contribution in [-0.4, -0.2) is 18.1 Å². The maximum Gasteiger partial charge on any atom is 0.0975 e. The summed E-state index contributed by atoms with van der Waals surface area (Å²) >= 11 is 5.89. The second-order valence-electron chi connectivity index (χ2n) is 2.56. The van der Waals surface area contributed by atoms with Crippen LogP contribution in [0.3, 0.4) is 0 Å². The summed E-state index contributed by atoms with van der Waals surface area (Å²) in [6.45, 7) is 5.09. The first-order chi connectivity index (χ1) is 3.72. The standard InChI is InChI=1S/C6H11ClO/c1-4(2)6(7)5-3-8-5/h4-6H,3H2,1-2H3. The van der Waals surface area contributed by atoms with Crippen molar-refractivity contribution in [2.45, 2.75) is 25.3 Å². The first kappa shape index (κ1) is 6.37. The zero-order valence-electron chi connectivity index (χ0n) is 5.23. The molecule has 0 aromatic heterocycles. The van der Waals surface area contributed by atoms with Gasteiger partial charge in [0.15, 0.2) is 0 Å². The van der Waals surface area contributed by atoms with Crippen molar-refractivity contribution in [3.05, 3.63) is 0 Å². The van der Waals surface area contributed by atoms with Gasteiger partial charge in [-0.05, 0) is 5.92 Å². The molecule has 1 nitrogen and oxygen atoms in total. The summed E-state index contributed by atoms with van der Waals surface area (Å²) < 4.78 is 5.00. The summed E-state index contributed by atoms with van der Waals surface area (Å²) in [7, 11) is 0. The van der Waals surface area contributed by atoms with E-state index in [9.17, 15) is 0 Å². The molecule has 8 heavy (non-hydrogen) atoms. The van der Waals surface area contributed by atoms with Gasteiger partial charge in [-0.1, -0.05) is 13.8 Å². The van der Waals surface area contributed by atoms with Gasteiger partial charge in [0.1, 0.15) is 0 Å². The molecule has 48 valence electrons. The minimum absolute atomic E-state index is 0.231. The minimum Gasteiger partial charge on any atom is -0.372 e. The number of alkyl halides is 1. The Morgan fingerprint density at radius 3 is 2.25 bits per heavy atom. The molecule has 0 bridgehead atoms. The summed E-state index contributed by atoms with van der Waals surface area (Å²) in [5.41, 5.74) is 0. The molecule has 1 rings (SSSR count). The van der Waals surface area contributed by atoms with Crippen molar-refractivity contribution in [2.24, 2.45) is 5.92 Å². The fourth-order valence-electron chi connectivity index (χ4n) is 0.669. The molecule has 0 radical (unpaired) electrons. The van der Waals surface area contributed by atoms with Crippen LogP contribution in [0.25, 0.3) is 0 Å². The molecule has 1 heterocycles. The molecule has 1 fully saturated rings. The lowest BCUT2D eigenvalue weighted by atomic mass is 10.1. The summed E-state index contributed by atoms with van der Waals surface area (Å²) in [4.78, 5) is 0. The minimum atomic E-state index is 0.231. The van der Waals surface area contributed by atoms with Gasteiger partial charge in [-0.25, -0.2) is 0 Å². The van der Waals surface area contributed by atoms with E-state index >= 15 is 0 Å². The zero-order valence-corrected chi connectivity index (χ0v) is 5.98. The molecule has 0 saturated carbocycles. The van der Waals surface area contributed by atoms with E-state index in [1.807, 2.05) is 0 Å². The first-order valence-electron chi connectivity index (χ1n) is 2.97. The van der Waals surface area contributed by atoms with Crippen LogP contribution in [0.1, 0.15) is 13.8 Å². The number of hydrogen-bond acceptors (Lipinski definition) is 1. The van der Waals surface area contributed by atoms with Gasteiger partial charge in [0.2, 0.25) is 0 Å². The second kappa shape index (κ2) is 2.24. The van der Waals surface area contributed by atoms with Crippen LogP contribution in [0.4, 0.5) is 0 Å². The van der Waals surface area contributed by atoms with E-state index in [4.69, 9.17) is 16.3 Å². The van der Waals surface area contributed by atoms with Crippen molar-refractivity contribution in [3.63, 3.8) is 0 Å². The van der Waals surface area contributed by atoms with Gasteiger partial charge >= 0.3 is 0 Å². The van der Waals surface area contributed by atoms with Crippen LogP contribution in [0.2, 0.25) is 0 Å². The number of halogens is 1. The van der Waals surface area contributed by atoms with E-state index in [1.165, 1.54) is 0 Å². The lowest BCUT2D eigenvalue weighted by molar-refractivity contribution is 0.375. The molecule has 1 aliphatic rings. The van der Waals surface area contributed by atoms with Gasteiger partial charge in [0.25, 0.3) is 0 Å². The SMILES string of the molecule is CC(C)C(Cl)C1CO1. The van der Waals surface area contributed by atoms with Crippen molar-refractivity contribution < 1.29 is 4.74 Å². The quantitative estimate of drug-likeness (QED) is 0.413. The smallest absolute Gasteiger partial charge is 0.0975 e. The molecule has 0 N–H and O–H groups in total. The van der Waals surface area contributed by atoms with Gasteiger partial charge in [-0.15, -0.1) is 11.6 Å². The highest BCUT2D eigenvalue weighted by Crippen LogP contribution is 2.24. The fraction of sp³-hybridized carbons (Fsp3) is 1.00. The Kier molecular flexibility index (Phi) is 1.78. The van der Waals surface area contributed by atoms with Gasteiger partial charge in [-0.3, -0.25) is 0 Å². The van der Waals surface area contributed by atoms with E-state index in [0.717, 1.165) is 6.61 Å². The Morgan fingerprint density at radius 1 is 1.62 bits per heavy atom. The topological polar surface area (TPSA) is 12.5 Å². The summed E-state index contributed by atoms with van der Waals surface area (Å²) in [5.74, 6) is 0.546. The summed E-state index contributed by atoms with van der Waals surface area (Å²) in [6, 6.07) is 0. The highest BCUT2D eigenvalue weighted by molar-refractivity contribution is 6.21. The predicted molar refractivity (Wildman–Crippen MR) is 34.2 cm³/mol. The third-order valence-electron chi connectivity index (χ3n) is 1.35. The van der Waals surface area contributed by atoms with Crippen LogP contribution >= 0.6 is 11.6 Å². The molecule has 1 saturated heterocycles. The third-order valence-corrected chi connectivity index (χ3v) is 2.14. The van der Waals surface area contributed by atoms with Crippen LogP contribution in [0.5, 0.6) is 0 Å². The largest absolute Gasteiger partial charge is 0.372 e. The van der Waals surface area contributed by atoms with Crippen molar-refractivity contribution in [1.29, 1.82) is 0 Å². The maximum absolute atomic E-state index is 5.89. The van der Waals surface area contributed by atoms with Crippen LogP contribution in [0, 0.1) is 5.92 Å². The van der Waals surface area contributed by atoms with Crippen LogP contribution < -0.4 is 0 Å². The number of ether oxygens (including phenoxy) is 1. The van der Waals surface area contributed by atoms with Gasteiger partial charge in [-0.2, -0.15) is 0 Å². The van der Waals surface area contributed by atoms with Crippen LogP contribution in [-0.2, 0) is 4.74 Å². The molecule has 0 aliphatic carbocycles. The van der Waals surface area contributed by atoms with E-state index in [2.05, 4.69) is 13.8 Å². The number of epoxide rings is 1. The Hall–Kier alpha value is 0.250. The second-order valence-corrected chi connectivity index (χ2v) is 3.06. The van der Waals surface area contributed by atoms with Gasteiger partial charge in [0.05, 0.1) is 18.1 Å². The maximum atomic E-state index is 5.89. The van der Waals surface area contributed by atoms with Gasteiger partial charge < -0.3 is 4.74 Å². The molecular formula is C6H11ClO. The zero-order chi connectivity index (χ0) is 6.15. The first-order valence-corrected chi connectivity index (χ1v) is 3.41. The van der Waals surface area contributed by atoms with Crippen molar-refractivity contribution in [2.75, 3.05) is 6.61 Å². The Labute approximate surface area is 55.0 Å². The van der Waals surface area contributed by atoms with Crippen molar-refractivity contribution in [1.82, 2.24) is 0 Å². The van der Waals surface area contributed by atoms with Crippen LogP contribution in [0.15, 0.2) is 0 Å². The molecule has 2 atom stereocenters. The summed E-state index contributed by atoms with van der Waals surface area (Å²) in [6.07, 6.45) is 0.358. The average Bonchev–Trinajstić information content (AvgIpc) is 2.43. The molecule has 0 amide bonds. The lowest BCUT2D eigenvalue weighted by Gasteiger charge is -2.07. The fourth-order valence-corrected chi connectivity index (χ4v) is 0.814. The molecule has 0 aromatic rings.